The van der Waals surface area contributed by atoms with Gasteiger partial charge in [0.25, 0.3) is 5.91 Å². The summed E-state index contributed by atoms with van der Waals surface area (Å²) in [6.07, 6.45) is -0.0584. The molecule has 0 bridgehead atoms. The minimum absolute atomic E-state index is 0.0584. The number of carboxylic acid groups (broad SMARTS) is 1. The first-order valence-corrected chi connectivity index (χ1v) is 7.68. The number of nitrogens with zero attached hydrogens (tertiary/aromatic N) is 1. The summed E-state index contributed by atoms with van der Waals surface area (Å²) in [6, 6.07) is 16.0. The maximum Gasteiger partial charge on any atom is 0.307 e. The number of carboxylic acids is 1. The van der Waals surface area contributed by atoms with Crippen LogP contribution >= 0.6 is 0 Å². The van der Waals surface area contributed by atoms with Gasteiger partial charge in [0.15, 0.2) is 0 Å². The van der Waals surface area contributed by atoms with Gasteiger partial charge in [-0.05, 0) is 24.6 Å². The summed E-state index contributed by atoms with van der Waals surface area (Å²) in [7, 11) is 0. The van der Waals surface area contributed by atoms with Gasteiger partial charge in [-0.2, -0.15) is 0 Å². The molecule has 2 aromatic carbocycles. The molecule has 1 aromatic heterocycles. The number of carbonyl (C=O) groups excluding carboxylic acids is 1. The highest BCUT2D eigenvalue weighted by molar-refractivity contribution is 6.08. The molecule has 1 amide bonds. The molecular weight excluding hydrogens is 320 g/mol. The van der Waals surface area contributed by atoms with Crippen LogP contribution in [-0.2, 0) is 11.2 Å². The van der Waals surface area contributed by atoms with Crippen LogP contribution in [0.15, 0.2) is 59.1 Å². The lowest BCUT2D eigenvalue weighted by Gasteiger charge is -2.07. The zero-order valence-electron chi connectivity index (χ0n) is 13.5. The van der Waals surface area contributed by atoms with Crippen molar-refractivity contribution in [1.82, 2.24) is 5.16 Å². The first-order chi connectivity index (χ1) is 12.0. The van der Waals surface area contributed by atoms with Gasteiger partial charge >= 0.3 is 5.97 Å². The lowest BCUT2D eigenvalue weighted by molar-refractivity contribution is -0.136. The monoisotopic (exact) mass is 336 g/mol. The van der Waals surface area contributed by atoms with Gasteiger partial charge in [-0.15, -0.1) is 0 Å². The Bertz CT molecular complexity index is 899. The van der Waals surface area contributed by atoms with Crippen LogP contribution in [-0.4, -0.2) is 22.1 Å². The second kappa shape index (κ2) is 7.00. The Morgan fingerprint density at radius 2 is 1.76 bits per heavy atom. The molecule has 0 saturated heterocycles. The molecule has 0 radical (unpaired) electrons. The van der Waals surface area contributed by atoms with Crippen molar-refractivity contribution < 1.29 is 19.2 Å². The summed E-state index contributed by atoms with van der Waals surface area (Å²) in [4.78, 5) is 23.4. The first-order valence-electron chi connectivity index (χ1n) is 7.68. The van der Waals surface area contributed by atoms with E-state index in [1.54, 1.807) is 31.2 Å². The molecule has 0 aliphatic rings. The zero-order valence-corrected chi connectivity index (χ0v) is 13.5. The van der Waals surface area contributed by atoms with Crippen LogP contribution < -0.4 is 5.32 Å². The lowest BCUT2D eigenvalue weighted by Crippen LogP contribution is -2.13. The molecule has 0 aliphatic heterocycles. The number of aliphatic carboxylic acids is 1. The van der Waals surface area contributed by atoms with Crippen LogP contribution in [0.3, 0.4) is 0 Å². The van der Waals surface area contributed by atoms with Crippen molar-refractivity contribution in [2.45, 2.75) is 13.3 Å². The van der Waals surface area contributed by atoms with E-state index in [9.17, 15) is 9.59 Å². The normalized spacial score (nSPS) is 10.4. The molecule has 126 valence electrons. The zero-order chi connectivity index (χ0) is 17.8. The minimum atomic E-state index is -0.899. The van der Waals surface area contributed by atoms with E-state index in [2.05, 4.69) is 10.5 Å². The Labute approximate surface area is 144 Å². The molecule has 0 saturated carbocycles. The number of hydrogen-bond acceptors (Lipinski definition) is 4. The third kappa shape index (κ3) is 3.74. The first kappa shape index (κ1) is 16.4. The highest BCUT2D eigenvalue weighted by Gasteiger charge is 2.21. The molecule has 6 nitrogen and oxygen atoms in total. The number of nitrogens with one attached hydrogen (secondary N) is 1. The molecular formula is C19H16N2O4. The summed E-state index contributed by atoms with van der Waals surface area (Å²) in [5, 5.41) is 15.6. The Morgan fingerprint density at radius 3 is 2.40 bits per heavy atom. The predicted octanol–water partition coefficient (Wildman–Crippen LogP) is 3.53. The van der Waals surface area contributed by atoms with E-state index in [0.29, 0.717) is 28.3 Å². The smallest absolute Gasteiger partial charge is 0.307 e. The van der Waals surface area contributed by atoms with Gasteiger partial charge in [-0.3, -0.25) is 9.59 Å². The number of aryl methyl sites for hydroxylation is 1. The van der Waals surface area contributed by atoms with Crippen molar-refractivity contribution in [2.24, 2.45) is 0 Å². The average molecular weight is 336 g/mol. The molecule has 0 aliphatic carbocycles. The minimum Gasteiger partial charge on any atom is -0.481 e. The summed E-state index contributed by atoms with van der Waals surface area (Å²) < 4.78 is 5.20. The number of rotatable bonds is 5. The topological polar surface area (TPSA) is 92.4 Å². The molecule has 0 unspecified atom stereocenters. The Morgan fingerprint density at radius 1 is 1.08 bits per heavy atom. The van der Waals surface area contributed by atoms with E-state index in [4.69, 9.17) is 9.63 Å². The van der Waals surface area contributed by atoms with Gasteiger partial charge in [0.1, 0.15) is 17.0 Å². The van der Waals surface area contributed by atoms with Crippen LogP contribution in [0.1, 0.15) is 21.7 Å². The summed E-state index contributed by atoms with van der Waals surface area (Å²) >= 11 is 0. The third-order valence-corrected chi connectivity index (χ3v) is 3.70. The molecule has 1 heterocycles. The third-order valence-electron chi connectivity index (χ3n) is 3.70. The van der Waals surface area contributed by atoms with E-state index in [-0.39, 0.29) is 12.3 Å². The number of benzene rings is 2. The van der Waals surface area contributed by atoms with Crippen molar-refractivity contribution >= 4 is 17.6 Å². The molecule has 2 N–H and O–H groups in total. The van der Waals surface area contributed by atoms with Crippen molar-refractivity contribution in [2.75, 3.05) is 5.32 Å². The van der Waals surface area contributed by atoms with Crippen molar-refractivity contribution in [3.05, 3.63) is 71.5 Å². The Hall–Kier alpha value is -3.41. The quantitative estimate of drug-likeness (QED) is 0.743. The summed E-state index contributed by atoms with van der Waals surface area (Å²) in [6.45, 7) is 1.68. The maximum atomic E-state index is 12.6. The van der Waals surface area contributed by atoms with E-state index in [0.717, 1.165) is 5.56 Å². The second-order valence-electron chi connectivity index (χ2n) is 5.55. The fourth-order valence-electron chi connectivity index (χ4n) is 2.51. The fraction of sp³-hybridized carbons (Fsp3) is 0.105. The number of aromatic nitrogens is 1. The number of amides is 1. The van der Waals surface area contributed by atoms with Gasteiger partial charge in [0.05, 0.1) is 6.42 Å². The van der Waals surface area contributed by atoms with Gasteiger partial charge in [0.2, 0.25) is 0 Å². The number of hydrogen-bond donors (Lipinski definition) is 2. The van der Waals surface area contributed by atoms with Crippen LogP contribution in [0.4, 0.5) is 5.69 Å². The largest absolute Gasteiger partial charge is 0.481 e. The highest BCUT2D eigenvalue weighted by atomic mass is 16.5. The maximum absolute atomic E-state index is 12.6. The van der Waals surface area contributed by atoms with Gasteiger partial charge in [-0.25, -0.2) is 0 Å². The molecule has 0 spiro atoms. The fourth-order valence-corrected chi connectivity index (χ4v) is 2.51. The molecule has 0 fully saturated rings. The molecule has 0 atom stereocenters. The SMILES string of the molecule is Cc1onc(-c2ccccc2)c1C(=O)Nc1ccc(CC(=O)O)cc1. The van der Waals surface area contributed by atoms with Crippen molar-refractivity contribution in [1.29, 1.82) is 0 Å². The van der Waals surface area contributed by atoms with Crippen LogP contribution in [0.2, 0.25) is 0 Å². The van der Waals surface area contributed by atoms with Gasteiger partial charge in [0, 0.05) is 11.3 Å². The van der Waals surface area contributed by atoms with Gasteiger partial charge < -0.3 is 14.9 Å². The van der Waals surface area contributed by atoms with Crippen LogP contribution in [0.25, 0.3) is 11.3 Å². The van der Waals surface area contributed by atoms with E-state index < -0.39 is 5.97 Å². The Kier molecular flexibility index (Phi) is 4.61. The van der Waals surface area contributed by atoms with Crippen molar-refractivity contribution in [3.8, 4) is 11.3 Å². The standard InChI is InChI=1S/C19H16N2O4/c1-12-17(18(21-25-12)14-5-3-2-4-6-14)19(24)20-15-9-7-13(8-10-15)11-16(22)23/h2-10H,11H2,1H3,(H,20,24)(H,22,23). The summed E-state index contributed by atoms with van der Waals surface area (Å²) in [5.41, 5.74) is 2.88. The summed E-state index contributed by atoms with van der Waals surface area (Å²) in [5.74, 6) is -0.799. The number of carbonyl (C=O) groups is 2. The molecule has 25 heavy (non-hydrogen) atoms. The average Bonchev–Trinajstić information content (AvgIpc) is 2.99. The number of anilines is 1. The van der Waals surface area contributed by atoms with E-state index >= 15 is 0 Å². The van der Waals surface area contributed by atoms with E-state index in [1.165, 1.54) is 0 Å². The van der Waals surface area contributed by atoms with E-state index in [1.807, 2.05) is 30.3 Å². The van der Waals surface area contributed by atoms with Gasteiger partial charge in [-0.1, -0.05) is 47.6 Å². The van der Waals surface area contributed by atoms with Crippen molar-refractivity contribution in [3.63, 3.8) is 0 Å². The molecule has 3 aromatic rings. The predicted molar refractivity (Wildman–Crippen MR) is 92.4 cm³/mol. The van der Waals surface area contributed by atoms with Crippen LogP contribution in [0.5, 0.6) is 0 Å². The Balaban J connectivity index is 1.82. The second-order valence-corrected chi connectivity index (χ2v) is 5.55. The molecule has 3 rings (SSSR count). The lowest BCUT2D eigenvalue weighted by atomic mass is 10.1. The molecule has 6 heteroatoms. The van der Waals surface area contributed by atoms with Crippen LogP contribution in [0, 0.1) is 6.92 Å². The highest BCUT2D eigenvalue weighted by Crippen LogP contribution is 2.26.